The van der Waals surface area contributed by atoms with Crippen molar-refractivity contribution in [1.82, 2.24) is 5.32 Å². The van der Waals surface area contributed by atoms with Gasteiger partial charge < -0.3 is 29.2 Å². The molecule has 150 valence electrons. The number of nitrogens with zero attached hydrogens (tertiary/aromatic N) is 1. The molecule has 2 aromatic rings. The molecule has 0 aliphatic carbocycles. The van der Waals surface area contributed by atoms with Crippen molar-refractivity contribution in [3.05, 3.63) is 42.0 Å². The smallest absolute Gasteiger partial charge is 0.231 e. The van der Waals surface area contributed by atoms with E-state index in [-0.39, 0.29) is 25.0 Å². The number of anilines is 1. The van der Waals surface area contributed by atoms with Crippen molar-refractivity contribution in [3.63, 3.8) is 0 Å². The van der Waals surface area contributed by atoms with Crippen LogP contribution in [-0.2, 0) is 16.1 Å². The fourth-order valence-corrected chi connectivity index (χ4v) is 3.72. The van der Waals surface area contributed by atoms with Gasteiger partial charge in [0.05, 0.1) is 5.92 Å². The Morgan fingerprint density at radius 1 is 0.966 bits per heavy atom. The number of benzene rings is 2. The van der Waals surface area contributed by atoms with E-state index in [1.165, 1.54) is 0 Å². The molecule has 2 amide bonds. The third-order valence-corrected chi connectivity index (χ3v) is 5.24. The lowest BCUT2D eigenvalue weighted by Crippen LogP contribution is -2.32. The maximum atomic E-state index is 12.6. The minimum atomic E-state index is -0.398. The molecule has 1 fully saturated rings. The number of rotatable bonds is 4. The minimum absolute atomic E-state index is 0.0788. The highest BCUT2D eigenvalue weighted by molar-refractivity contribution is 6.00. The van der Waals surface area contributed by atoms with Crippen LogP contribution < -0.4 is 29.2 Å². The zero-order valence-electron chi connectivity index (χ0n) is 15.7. The monoisotopic (exact) mass is 396 g/mol. The number of ether oxygens (including phenoxy) is 4. The van der Waals surface area contributed by atoms with Gasteiger partial charge in [-0.1, -0.05) is 6.07 Å². The van der Waals surface area contributed by atoms with Crippen LogP contribution in [-0.4, -0.2) is 38.4 Å². The van der Waals surface area contributed by atoms with Crippen molar-refractivity contribution in [3.8, 4) is 23.0 Å². The van der Waals surface area contributed by atoms with E-state index < -0.39 is 5.92 Å². The van der Waals surface area contributed by atoms with E-state index in [4.69, 9.17) is 18.9 Å². The molecule has 0 aromatic heterocycles. The highest BCUT2D eigenvalue weighted by Crippen LogP contribution is 2.36. The predicted octanol–water partition coefficient (Wildman–Crippen LogP) is 1.86. The first kappa shape index (κ1) is 17.7. The first-order chi connectivity index (χ1) is 14.2. The van der Waals surface area contributed by atoms with Crippen LogP contribution in [0.1, 0.15) is 12.0 Å². The van der Waals surface area contributed by atoms with Crippen molar-refractivity contribution in [2.45, 2.75) is 13.0 Å². The van der Waals surface area contributed by atoms with Crippen molar-refractivity contribution >= 4 is 17.5 Å². The van der Waals surface area contributed by atoms with Gasteiger partial charge in [-0.2, -0.15) is 0 Å². The summed E-state index contributed by atoms with van der Waals surface area (Å²) in [6.45, 7) is 1.91. The molecule has 0 radical (unpaired) electrons. The molecular formula is C21H20N2O6. The molecule has 0 bridgehead atoms. The number of carbonyl (C=O) groups excluding carboxylic acids is 2. The lowest BCUT2D eigenvalue weighted by Gasteiger charge is -2.22. The summed E-state index contributed by atoms with van der Waals surface area (Å²) in [6, 6.07) is 11.0. The lowest BCUT2D eigenvalue weighted by molar-refractivity contribution is -0.126. The third kappa shape index (κ3) is 3.41. The summed E-state index contributed by atoms with van der Waals surface area (Å²) in [5.41, 5.74) is 1.63. The molecule has 1 unspecified atom stereocenters. The second-order valence-electron chi connectivity index (χ2n) is 7.14. The second-order valence-corrected chi connectivity index (χ2v) is 7.14. The zero-order chi connectivity index (χ0) is 19.8. The fraction of sp³-hybridized carbons (Fsp3) is 0.333. The molecule has 0 saturated carbocycles. The van der Waals surface area contributed by atoms with Crippen molar-refractivity contribution in [1.29, 1.82) is 0 Å². The number of nitrogens with one attached hydrogen (secondary N) is 1. The first-order valence-corrected chi connectivity index (χ1v) is 9.53. The highest BCUT2D eigenvalue weighted by Gasteiger charge is 2.35. The molecule has 3 aliphatic heterocycles. The Morgan fingerprint density at radius 3 is 2.59 bits per heavy atom. The van der Waals surface area contributed by atoms with Gasteiger partial charge in [0.15, 0.2) is 23.0 Å². The van der Waals surface area contributed by atoms with E-state index in [9.17, 15) is 9.59 Å². The predicted molar refractivity (Wildman–Crippen MR) is 102 cm³/mol. The summed E-state index contributed by atoms with van der Waals surface area (Å²) in [5.74, 6) is 2.06. The van der Waals surface area contributed by atoms with E-state index in [2.05, 4.69) is 5.32 Å². The highest BCUT2D eigenvalue weighted by atomic mass is 16.7. The van der Waals surface area contributed by atoms with Crippen molar-refractivity contribution in [2.24, 2.45) is 5.92 Å². The SMILES string of the molecule is O=C(NCc1ccc2c(c1)OCO2)C1CC(=O)N(c2ccc3c(c2)OCCO3)C1. The topological polar surface area (TPSA) is 86.3 Å². The van der Waals surface area contributed by atoms with Gasteiger partial charge in [0, 0.05) is 31.3 Å². The summed E-state index contributed by atoms with van der Waals surface area (Å²) in [6.07, 6.45) is 0.182. The molecule has 29 heavy (non-hydrogen) atoms. The Balaban J connectivity index is 1.22. The lowest BCUT2D eigenvalue weighted by atomic mass is 10.1. The summed E-state index contributed by atoms with van der Waals surface area (Å²) < 4.78 is 21.8. The van der Waals surface area contributed by atoms with Crippen LogP contribution in [0.3, 0.4) is 0 Å². The van der Waals surface area contributed by atoms with E-state index in [0.717, 1.165) is 5.56 Å². The molecule has 8 heteroatoms. The van der Waals surface area contributed by atoms with Crippen LogP contribution >= 0.6 is 0 Å². The largest absolute Gasteiger partial charge is 0.486 e. The van der Waals surface area contributed by atoms with Gasteiger partial charge in [-0.05, 0) is 29.8 Å². The Labute approximate surface area is 167 Å². The molecular weight excluding hydrogens is 376 g/mol. The second kappa shape index (κ2) is 7.20. The molecule has 1 saturated heterocycles. The van der Waals surface area contributed by atoms with E-state index in [0.29, 0.717) is 55.0 Å². The summed E-state index contributed by atoms with van der Waals surface area (Å²) in [5, 5.41) is 2.92. The van der Waals surface area contributed by atoms with Gasteiger partial charge in [0.1, 0.15) is 13.2 Å². The molecule has 1 atom stereocenters. The van der Waals surface area contributed by atoms with Crippen LogP contribution in [0.2, 0.25) is 0 Å². The number of hydrogen-bond acceptors (Lipinski definition) is 6. The number of hydrogen-bond donors (Lipinski definition) is 1. The molecule has 2 aromatic carbocycles. The van der Waals surface area contributed by atoms with E-state index >= 15 is 0 Å². The maximum Gasteiger partial charge on any atom is 0.231 e. The summed E-state index contributed by atoms with van der Waals surface area (Å²) in [4.78, 5) is 26.7. The first-order valence-electron chi connectivity index (χ1n) is 9.53. The van der Waals surface area contributed by atoms with Crippen LogP contribution in [0.4, 0.5) is 5.69 Å². The number of amides is 2. The molecule has 8 nitrogen and oxygen atoms in total. The Bertz CT molecular complexity index is 976. The van der Waals surface area contributed by atoms with E-state index in [1.807, 2.05) is 24.3 Å². The number of fused-ring (bicyclic) bond motifs is 2. The normalized spacial score (nSPS) is 19.4. The number of carbonyl (C=O) groups is 2. The van der Waals surface area contributed by atoms with Crippen LogP contribution in [0.25, 0.3) is 0 Å². The molecule has 1 N–H and O–H groups in total. The maximum absolute atomic E-state index is 12.6. The average molecular weight is 396 g/mol. The zero-order valence-corrected chi connectivity index (χ0v) is 15.7. The van der Waals surface area contributed by atoms with Gasteiger partial charge in [-0.25, -0.2) is 0 Å². The van der Waals surface area contributed by atoms with E-state index in [1.54, 1.807) is 17.0 Å². The van der Waals surface area contributed by atoms with Crippen LogP contribution in [0.5, 0.6) is 23.0 Å². The molecule has 3 aliphatic rings. The molecule has 3 heterocycles. The van der Waals surface area contributed by atoms with Gasteiger partial charge in [0.25, 0.3) is 0 Å². The van der Waals surface area contributed by atoms with Gasteiger partial charge >= 0.3 is 0 Å². The standard InChI is InChI=1S/C21H20N2O6/c24-20-8-14(11-23(20)15-2-4-16-19(9-15)27-6-5-26-16)21(25)22-10-13-1-3-17-18(7-13)29-12-28-17/h1-4,7,9,14H,5-6,8,10-12H2,(H,22,25). The van der Waals surface area contributed by atoms with Crippen molar-refractivity contribution < 1.29 is 28.5 Å². The Morgan fingerprint density at radius 2 is 1.69 bits per heavy atom. The van der Waals surface area contributed by atoms with Gasteiger partial charge in [-0.3, -0.25) is 9.59 Å². The quantitative estimate of drug-likeness (QED) is 0.849. The average Bonchev–Trinajstić information content (AvgIpc) is 3.37. The van der Waals surface area contributed by atoms with Gasteiger partial charge in [-0.15, -0.1) is 0 Å². The molecule has 5 rings (SSSR count). The van der Waals surface area contributed by atoms with Gasteiger partial charge in [0.2, 0.25) is 18.6 Å². The summed E-state index contributed by atoms with van der Waals surface area (Å²) in [7, 11) is 0. The Kier molecular flexibility index (Phi) is 4.38. The third-order valence-electron chi connectivity index (χ3n) is 5.24. The summed E-state index contributed by atoms with van der Waals surface area (Å²) >= 11 is 0. The molecule has 0 spiro atoms. The van der Waals surface area contributed by atoms with Crippen LogP contribution in [0, 0.1) is 5.92 Å². The van der Waals surface area contributed by atoms with Crippen molar-refractivity contribution in [2.75, 3.05) is 31.5 Å². The Hall–Kier alpha value is -3.42. The minimum Gasteiger partial charge on any atom is -0.486 e. The van der Waals surface area contributed by atoms with Crippen LogP contribution in [0.15, 0.2) is 36.4 Å². The fourth-order valence-electron chi connectivity index (χ4n) is 3.72.